The molecule has 1 fully saturated rings. The number of aromatic nitrogens is 4. The van der Waals surface area contributed by atoms with Crippen LogP contribution in [-0.4, -0.2) is 39.4 Å². The Morgan fingerprint density at radius 1 is 1.35 bits per heavy atom. The molecule has 3 rings (SSSR count). The maximum Gasteiger partial charge on any atom is 0.247 e. The largest absolute Gasteiger partial charge is 0.423 e. The van der Waals surface area contributed by atoms with Crippen molar-refractivity contribution in [3.8, 4) is 0 Å². The Kier molecular flexibility index (Phi) is 3.66. The third-order valence-electron chi connectivity index (χ3n) is 3.03. The smallest absolute Gasteiger partial charge is 0.247 e. The van der Waals surface area contributed by atoms with Gasteiger partial charge in [-0.2, -0.15) is 0 Å². The van der Waals surface area contributed by atoms with Crippen molar-refractivity contribution in [3.05, 3.63) is 28.8 Å². The Morgan fingerprint density at radius 2 is 2.20 bits per heavy atom. The van der Waals surface area contributed by atoms with Crippen molar-refractivity contribution in [1.82, 2.24) is 20.2 Å². The summed E-state index contributed by atoms with van der Waals surface area (Å²) in [7, 11) is 0. The minimum atomic E-state index is -0.248. The van der Waals surface area contributed by atoms with Crippen LogP contribution in [0, 0.1) is 6.92 Å². The summed E-state index contributed by atoms with van der Waals surface area (Å²) in [4.78, 5) is 10.4. The molecule has 7 nitrogen and oxygen atoms in total. The van der Waals surface area contributed by atoms with Gasteiger partial charge in [0.25, 0.3) is 0 Å². The quantitative estimate of drug-likeness (QED) is 0.826. The molecule has 0 radical (unpaired) electrons. The standard InChI is InChI=1S/C12H14BrN5O2/c1-7-4-18(11-9(13)3-14-6-15-11)5-10(19-7)12-17-16-8(2)20-12/h3,6-7,10H,4-5H2,1-2H3/t7-,10-/m1/s1. The van der Waals surface area contributed by atoms with Crippen molar-refractivity contribution < 1.29 is 9.15 Å². The number of anilines is 1. The van der Waals surface area contributed by atoms with Crippen molar-refractivity contribution >= 4 is 21.7 Å². The number of nitrogens with zero attached hydrogens (tertiary/aromatic N) is 5. The molecule has 3 heterocycles. The molecule has 20 heavy (non-hydrogen) atoms. The number of ether oxygens (including phenoxy) is 1. The fourth-order valence-corrected chi connectivity index (χ4v) is 2.71. The van der Waals surface area contributed by atoms with Gasteiger partial charge < -0.3 is 14.1 Å². The Balaban J connectivity index is 1.85. The molecule has 8 heteroatoms. The maximum atomic E-state index is 5.88. The maximum absolute atomic E-state index is 5.88. The summed E-state index contributed by atoms with van der Waals surface area (Å²) >= 11 is 3.47. The Bertz CT molecular complexity index is 605. The summed E-state index contributed by atoms with van der Waals surface area (Å²) in [6.07, 6.45) is 3.06. The number of hydrogen-bond donors (Lipinski definition) is 0. The van der Waals surface area contributed by atoms with Gasteiger partial charge in [-0.25, -0.2) is 9.97 Å². The van der Waals surface area contributed by atoms with Gasteiger partial charge >= 0.3 is 0 Å². The van der Waals surface area contributed by atoms with E-state index in [-0.39, 0.29) is 12.2 Å². The molecule has 0 saturated carbocycles. The highest BCUT2D eigenvalue weighted by Gasteiger charge is 2.31. The molecule has 106 valence electrons. The third kappa shape index (κ3) is 2.66. The van der Waals surface area contributed by atoms with Crippen molar-refractivity contribution in [3.63, 3.8) is 0 Å². The van der Waals surface area contributed by atoms with E-state index in [1.165, 1.54) is 6.33 Å². The third-order valence-corrected chi connectivity index (χ3v) is 3.58. The number of aryl methyl sites for hydroxylation is 1. The fourth-order valence-electron chi connectivity index (χ4n) is 2.24. The van der Waals surface area contributed by atoms with Crippen LogP contribution in [-0.2, 0) is 4.74 Å². The Hall–Kier alpha value is -1.54. The van der Waals surface area contributed by atoms with Gasteiger partial charge in [0.2, 0.25) is 11.8 Å². The second-order valence-electron chi connectivity index (χ2n) is 4.69. The predicted octanol–water partition coefficient (Wildman–Crippen LogP) is 1.90. The van der Waals surface area contributed by atoms with Gasteiger partial charge in [0, 0.05) is 19.7 Å². The minimum absolute atomic E-state index is 0.0443. The normalized spacial score (nSPS) is 23.1. The minimum Gasteiger partial charge on any atom is -0.423 e. The molecule has 0 N–H and O–H groups in total. The van der Waals surface area contributed by atoms with Crippen LogP contribution < -0.4 is 4.90 Å². The van der Waals surface area contributed by atoms with E-state index in [1.807, 2.05) is 6.92 Å². The average Bonchev–Trinajstić information content (AvgIpc) is 2.85. The first kappa shape index (κ1) is 13.4. The first-order valence-electron chi connectivity index (χ1n) is 6.29. The Morgan fingerprint density at radius 3 is 2.90 bits per heavy atom. The van der Waals surface area contributed by atoms with Crippen LogP contribution in [0.4, 0.5) is 5.82 Å². The fraction of sp³-hybridized carbons (Fsp3) is 0.500. The second-order valence-corrected chi connectivity index (χ2v) is 5.55. The molecule has 1 aliphatic rings. The van der Waals surface area contributed by atoms with Crippen molar-refractivity contribution in [2.45, 2.75) is 26.1 Å². The van der Waals surface area contributed by atoms with Crippen LogP contribution in [0.2, 0.25) is 0 Å². The number of morpholine rings is 1. The van der Waals surface area contributed by atoms with Gasteiger partial charge in [-0.05, 0) is 22.9 Å². The summed E-state index contributed by atoms with van der Waals surface area (Å²) in [6.45, 7) is 5.14. The first-order chi connectivity index (χ1) is 9.63. The molecule has 0 aliphatic carbocycles. The number of rotatable bonds is 2. The van der Waals surface area contributed by atoms with E-state index in [2.05, 4.69) is 41.0 Å². The lowest BCUT2D eigenvalue weighted by Gasteiger charge is -2.36. The molecule has 2 atom stereocenters. The summed E-state index contributed by atoms with van der Waals surface area (Å²) in [5, 5.41) is 7.89. The van der Waals surface area contributed by atoms with Crippen LogP contribution in [0.25, 0.3) is 0 Å². The van der Waals surface area contributed by atoms with Crippen LogP contribution in [0.1, 0.15) is 24.8 Å². The molecule has 0 unspecified atom stereocenters. The summed E-state index contributed by atoms with van der Waals surface area (Å²) in [5.74, 6) is 1.89. The molecule has 0 amide bonds. The molecule has 2 aromatic heterocycles. The van der Waals surface area contributed by atoms with Gasteiger partial charge in [0.05, 0.1) is 17.1 Å². The van der Waals surface area contributed by atoms with E-state index in [9.17, 15) is 0 Å². The van der Waals surface area contributed by atoms with E-state index in [0.717, 1.165) is 16.8 Å². The lowest BCUT2D eigenvalue weighted by atomic mass is 10.2. The van der Waals surface area contributed by atoms with E-state index in [0.29, 0.717) is 18.3 Å². The summed E-state index contributed by atoms with van der Waals surface area (Å²) in [6, 6.07) is 0. The zero-order chi connectivity index (χ0) is 14.1. The van der Waals surface area contributed by atoms with Gasteiger partial charge in [0.15, 0.2) is 6.10 Å². The molecule has 0 aromatic carbocycles. The summed E-state index contributed by atoms with van der Waals surface area (Å²) < 4.78 is 12.2. The molecule has 0 bridgehead atoms. The highest BCUT2D eigenvalue weighted by Crippen LogP contribution is 2.30. The van der Waals surface area contributed by atoms with Gasteiger partial charge in [-0.15, -0.1) is 10.2 Å². The van der Waals surface area contributed by atoms with Crippen LogP contribution in [0.3, 0.4) is 0 Å². The highest BCUT2D eigenvalue weighted by atomic mass is 79.9. The topological polar surface area (TPSA) is 77.2 Å². The van der Waals surface area contributed by atoms with E-state index < -0.39 is 0 Å². The lowest BCUT2D eigenvalue weighted by Crippen LogP contribution is -2.43. The molecular formula is C12H14BrN5O2. The first-order valence-corrected chi connectivity index (χ1v) is 7.08. The predicted molar refractivity (Wildman–Crippen MR) is 74.3 cm³/mol. The van der Waals surface area contributed by atoms with Crippen molar-refractivity contribution in [2.24, 2.45) is 0 Å². The zero-order valence-corrected chi connectivity index (χ0v) is 12.7. The van der Waals surface area contributed by atoms with Gasteiger partial charge in [-0.3, -0.25) is 0 Å². The average molecular weight is 340 g/mol. The number of hydrogen-bond acceptors (Lipinski definition) is 7. The summed E-state index contributed by atoms with van der Waals surface area (Å²) in [5.41, 5.74) is 0. The highest BCUT2D eigenvalue weighted by molar-refractivity contribution is 9.10. The van der Waals surface area contributed by atoms with Crippen LogP contribution in [0.5, 0.6) is 0 Å². The number of halogens is 1. The lowest BCUT2D eigenvalue weighted by molar-refractivity contribution is -0.0314. The van der Waals surface area contributed by atoms with E-state index in [1.54, 1.807) is 13.1 Å². The van der Waals surface area contributed by atoms with Crippen molar-refractivity contribution in [1.29, 1.82) is 0 Å². The zero-order valence-electron chi connectivity index (χ0n) is 11.2. The van der Waals surface area contributed by atoms with Crippen LogP contribution in [0.15, 0.2) is 21.4 Å². The second kappa shape index (κ2) is 5.45. The SMILES string of the molecule is Cc1nnc([C@H]2CN(c3ncncc3Br)C[C@@H](C)O2)o1. The molecule has 1 aliphatic heterocycles. The molecule has 2 aromatic rings. The van der Waals surface area contributed by atoms with E-state index >= 15 is 0 Å². The van der Waals surface area contributed by atoms with Crippen molar-refractivity contribution in [2.75, 3.05) is 18.0 Å². The monoisotopic (exact) mass is 339 g/mol. The van der Waals surface area contributed by atoms with E-state index in [4.69, 9.17) is 9.15 Å². The van der Waals surface area contributed by atoms with Gasteiger partial charge in [0.1, 0.15) is 12.1 Å². The molecule has 0 spiro atoms. The van der Waals surface area contributed by atoms with Crippen LogP contribution >= 0.6 is 15.9 Å². The molecule has 1 saturated heterocycles. The Labute approximate surface area is 124 Å². The van der Waals surface area contributed by atoms with Gasteiger partial charge in [-0.1, -0.05) is 0 Å². The molecular weight excluding hydrogens is 326 g/mol.